The highest BCUT2D eigenvalue weighted by Crippen LogP contribution is 2.29. The molecule has 0 amide bonds. The zero-order valence-corrected chi connectivity index (χ0v) is 19.1. The van der Waals surface area contributed by atoms with Crippen molar-refractivity contribution < 1.29 is 28.5 Å². The summed E-state index contributed by atoms with van der Waals surface area (Å²) in [6.45, 7) is 6.08. The molecule has 1 saturated heterocycles. The number of ether oxygens (including phenoxy) is 3. The lowest BCUT2D eigenvalue weighted by molar-refractivity contribution is -0.291. The number of rotatable bonds is 8. The first kappa shape index (κ1) is 23.0. The van der Waals surface area contributed by atoms with Gasteiger partial charge >= 0.3 is 5.97 Å². The third-order valence-electron chi connectivity index (χ3n) is 5.98. The van der Waals surface area contributed by atoms with Crippen LogP contribution >= 0.6 is 0 Å². The molecule has 7 nitrogen and oxygen atoms in total. The van der Waals surface area contributed by atoms with Gasteiger partial charge in [0.05, 0.1) is 25.0 Å². The minimum absolute atomic E-state index is 0.0816. The SMILES string of the molecule is Cc1oc(-c2ccccc2)nc1CCOc1ccc(CC2COC(C)(C(=O)O)OC2C)cc1. The largest absolute Gasteiger partial charge is 0.493 e. The first-order chi connectivity index (χ1) is 15.8. The van der Waals surface area contributed by atoms with E-state index in [2.05, 4.69) is 4.98 Å². The second-order valence-electron chi connectivity index (χ2n) is 8.48. The van der Waals surface area contributed by atoms with Crippen LogP contribution < -0.4 is 4.74 Å². The minimum Gasteiger partial charge on any atom is -0.493 e. The zero-order chi connectivity index (χ0) is 23.4. The predicted octanol–water partition coefficient (Wildman–Crippen LogP) is 4.67. The fourth-order valence-electron chi connectivity index (χ4n) is 3.88. The first-order valence-electron chi connectivity index (χ1n) is 11.1. The van der Waals surface area contributed by atoms with Crippen LogP contribution in [0, 0.1) is 12.8 Å². The minimum atomic E-state index is -1.57. The number of aromatic nitrogens is 1. The van der Waals surface area contributed by atoms with Gasteiger partial charge in [0.15, 0.2) is 0 Å². The Labute approximate surface area is 193 Å². The quantitative estimate of drug-likeness (QED) is 0.532. The molecule has 7 heteroatoms. The molecule has 4 rings (SSSR count). The summed E-state index contributed by atoms with van der Waals surface area (Å²) in [5.74, 6) is -0.383. The van der Waals surface area contributed by atoms with Crippen molar-refractivity contribution >= 4 is 5.97 Å². The van der Waals surface area contributed by atoms with Crippen LogP contribution in [0.15, 0.2) is 59.0 Å². The molecular formula is C26H29NO6. The molecule has 2 aromatic carbocycles. The molecule has 3 atom stereocenters. The summed E-state index contributed by atoms with van der Waals surface area (Å²) < 4.78 is 22.8. The fraction of sp³-hybridized carbons (Fsp3) is 0.385. The Balaban J connectivity index is 1.28. The monoisotopic (exact) mass is 451 g/mol. The molecule has 1 N–H and O–H groups in total. The van der Waals surface area contributed by atoms with E-state index in [0.29, 0.717) is 25.5 Å². The van der Waals surface area contributed by atoms with E-state index < -0.39 is 11.8 Å². The van der Waals surface area contributed by atoms with Crippen LogP contribution in [0.2, 0.25) is 0 Å². The van der Waals surface area contributed by atoms with Crippen LogP contribution in [-0.2, 0) is 27.1 Å². The van der Waals surface area contributed by atoms with E-state index >= 15 is 0 Å². The van der Waals surface area contributed by atoms with E-state index in [1.807, 2.05) is 68.4 Å². The average Bonchev–Trinajstić information content (AvgIpc) is 3.18. The molecule has 3 aromatic rings. The average molecular weight is 452 g/mol. The van der Waals surface area contributed by atoms with E-state index in [4.69, 9.17) is 18.6 Å². The number of aliphatic carboxylic acids is 1. The van der Waals surface area contributed by atoms with Crippen LogP contribution in [0.5, 0.6) is 5.75 Å². The zero-order valence-electron chi connectivity index (χ0n) is 19.1. The third kappa shape index (κ3) is 5.43. The molecule has 174 valence electrons. The van der Waals surface area contributed by atoms with Gasteiger partial charge in [-0.3, -0.25) is 0 Å². The third-order valence-corrected chi connectivity index (χ3v) is 5.98. The lowest BCUT2D eigenvalue weighted by atomic mass is 9.94. The normalized spacial score (nSPS) is 22.8. The predicted molar refractivity (Wildman–Crippen MR) is 122 cm³/mol. The van der Waals surface area contributed by atoms with Crippen molar-refractivity contribution in [2.75, 3.05) is 13.2 Å². The molecule has 0 saturated carbocycles. The highest BCUT2D eigenvalue weighted by Gasteiger charge is 2.43. The summed E-state index contributed by atoms with van der Waals surface area (Å²) in [5, 5.41) is 9.26. The summed E-state index contributed by atoms with van der Waals surface area (Å²) in [5.41, 5.74) is 2.97. The van der Waals surface area contributed by atoms with Crippen LogP contribution in [0.1, 0.15) is 30.9 Å². The van der Waals surface area contributed by atoms with Gasteiger partial charge in [-0.05, 0) is 50.1 Å². The Morgan fingerprint density at radius 2 is 1.91 bits per heavy atom. The Bertz CT molecular complexity index is 1080. The smallest absolute Gasteiger partial charge is 0.364 e. The van der Waals surface area contributed by atoms with E-state index in [-0.39, 0.29) is 12.0 Å². The molecule has 3 unspecified atom stereocenters. The number of hydrogen-bond acceptors (Lipinski definition) is 6. The van der Waals surface area contributed by atoms with E-state index in [1.165, 1.54) is 6.92 Å². The number of aryl methyl sites for hydroxylation is 1. The van der Waals surface area contributed by atoms with Crippen molar-refractivity contribution in [3.05, 3.63) is 71.6 Å². The number of benzene rings is 2. The lowest BCUT2D eigenvalue weighted by Crippen LogP contribution is -2.51. The van der Waals surface area contributed by atoms with E-state index in [1.54, 1.807) is 0 Å². The van der Waals surface area contributed by atoms with Crippen molar-refractivity contribution in [2.24, 2.45) is 5.92 Å². The van der Waals surface area contributed by atoms with Crippen LogP contribution in [0.3, 0.4) is 0 Å². The van der Waals surface area contributed by atoms with Gasteiger partial charge in [-0.25, -0.2) is 9.78 Å². The maximum absolute atomic E-state index is 11.3. The van der Waals surface area contributed by atoms with Gasteiger partial charge in [-0.15, -0.1) is 0 Å². The van der Waals surface area contributed by atoms with Crippen LogP contribution in [0.25, 0.3) is 11.5 Å². The van der Waals surface area contributed by atoms with Gasteiger partial charge in [0.2, 0.25) is 5.89 Å². The molecular weight excluding hydrogens is 422 g/mol. The van der Waals surface area contributed by atoms with Gasteiger partial charge < -0.3 is 23.7 Å². The molecule has 1 aliphatic rings. The second kappa shape index (κ2) is 9.77. The van der Waals surface area contributed by atoms with Crippen LogP contribution in [-0.4, -0.2) is 41.2 Å². The van der Waals surface area contributed by atoms with Gasteiger partial charge in [-0.1, -0.05) is 30.3 Å². The Morgan fingerprint density at radius 1 is 1.18 bits per heavy atom. The van der Waals surface area contributed by atoms with Crippen molar-refractivity contribution in [2.45, 2.75) is 45.5 Å². The topological polar surface area (TPSA) is 91.0 Å². The number of carboxylic acids is 1. The summed E-state index contributed by atoms with van der Waals surface area (Å²) in [4.78, 5) is 15.9. The Morgan fingerprint density at radius 3 is 2.58 bits per heavy atom. The van der Waals surface area contributed by atoms with Crippen molar-refractivity contribution in [1.29, 1.82) is 0 Å². The lowest BCUT2D eigenvalue weighted by Gasteiger charge is -2.39. The van der Waals surface area contributed by atoms with E-state index in [9.17, 15) is 9.90 Å². The number of hydrogen-bond donors (Lipinski definition) is 1. The molecule has 1 fully saturated rings. The second-order valence-corrected chi connectivity index (χ2v) is 8.48. The Kier molecular flexibility index (Phi) is 6.81. The molecule has 0 radical (unpaired) electrons. The maximum Gasteiger partial charge on any atom is 0.364 e. The molecule has 1 aromatic heterocycles. The Hall–Kier alpha value is -3.16. The fourth-order valence-corrected chi connectivity index (χ4v) is 3.88. The molecule has 33 heavy (non-hydrogen) atoms. The maximum atomic E-state index is 11.3. The summed E-state index contributed by atoms with van der Waals surface area (Å²) in [6.07, 6.45) is 1.17. The van der Waals surface area contributed by atoms with Gasteiger partial charge in [0, 0.05) is 24.8 Å². The first-order valence-corrected chi connectivity index (χ1v) is 11.1. The standard InChI is InChI=1S/C26H29NO6/c1-17-21(16-31-26(3,33-17)25(28)29)15-19-9-11-22(12-10-19)30-14-13-23-18(2)32-24(27-23)20-7-5-4-6-8-20/h4-12,17,21H,13-16H2,1-3H3,(H,28,29). The van der Waals surface area contributed by atoms with Gasteiger partial charge in [-0.2, -0.15) is 0 Å². The number of oxazole rings is 1. The van der Waals surface area contributed by atoms with Crippen molar-refractivity contribution in [3.63, 3.8) is 0 Å². The highest BCUT2D eigenvalue weighted by atomic mass is 16.7. The highest BCUT2D eigenvalue weighted by molar-refractivity contribution is 5.75. The number of carbonyl (C=O) groups is 1. The summed E-state index contributed by atoms with van der Waals surface area (Å²) >= 11 is 0. The van der Waals surface area contributed by atoms with Gasteiger partial charge in [0.1, 0.15) is 11.5 Å². The van der Waals surface area contributed by atoms with Crippen LogP contribution in [0.4, 0.5) is 0 Å². The van der Waals surface area contributed by atoms with Gasteiger partial charge in [0.25, 0.3) is 5.79 Å². The molecule has 0 spiro atoms. The van der Waals surface area contributed by atoms with Crippen molar-refractivity contribution in [1.82, 2.24) is 4.98 Å². The molecule has 2 heterocycles. The summed E-state index contributed by atoms with van der Waals surface area (Å²) in [7, 11) is 0. The van der Waals surface area contributed by atoms with Crippen molar-refractivity contribution in [3.8, 4) is 17.2 Å². The molecule has 0 aliphatic carbocycles. The number of nitrogens with zero attached hydrogens (tertiary/aromatic N) is 1. The van der Waals surface area contributed by atoms with E-state index in [0.717, 1.165) is 34.8 Å². The summed E-state index contributed by atoms with van der Waals surface area (Å²) in [6, 6.07) is 17.8. The molecule has 0 bridgehead atoms. The number of carboxylic acid groups (broad SMARTS) is 1. The molecule has 1 aliphatic heterocycles.